The maximum Gasteiger partial charge on any atom is 0.264 e. The average Bonchev–Trinajstić information content (AvgIpc) is 3.18. The Balaban J connectivity index is 1.65. The van der Waals surface area contributed by atoms with Gasteiger partial charge in [0.25, 0.3) is 5.91 Å². The molecule has 2 aliphatic heterocycles. The molecule has 2 aromatic rings. The number of halogens is 1. The van der Waals surface area contributed by atoms with Crippen LogP contribution in [0.2, 0.25) is 0 Å². The first-order valence-electron chi connectivity index (χ1n) is 7.96. The van der Waals surface area contributed by atoms with Crippen LogP contribution >= 0.6 is 27.7 Å². The molecule has 1 amide bonds. The van der Waals surface area contributed by atoms with Crippen molar-refractivity contribution in [2.75, 3.05) is 6.79 Å². The molecule has 26 heavy (non-hydrogen) atoms. The summed E-state index contributed by atoms with van der Waals surface area (Å²) in [6.45, 7) is 4.23. The minimum Gasteiger partial charge on any atom is -0.454 e. The Morgan fingerprint density at radius 3 is 2.62 bits per heavy atom. The summed E-state index contributed by atoms with van der Waals surface area (Å²) < 4.78 is 11.6. The fraction of sp³-hybridized carbons (Fsp3) is 0.158. The smallest absolute Gasteiger partial charge is 0.264 e. The monoisotopic (exact) mass is 430 g/mol. The molecule has 1 fully saturated rings. The predicted octanol–water partition coefficient (Wildman–Crippen LogP) is 4.69. The lowest BCUT2D eigenvalue weighted by Gasteiger charge is -2.04. The zero-order chi connectivity index (χ0) is 18.3. The maximum atomic E-state index is 12.3. The van der Waals surface area contributed by atoms with Crippen molar-refractivity contribution >= 4 is 50.5 Å². The van der Waals surface area contributed by atoms with E-state index in [0.29, 0.717) is 21.6 Å². The Kier molecular flexibility index (Phi) is 4.50. The van der Waals surface area contributed by atoms with Crippen LogP contribution in [0.25, 0.3) is 6.08 Å². The molecule has 0 spiro atoms. The fourth-order valence-electron chi connectivity index (χ4n) is 2.75. The van der Waals surface area contributed by atoms with Crippen molar-refractivity contribution in [2.45, 2.75) is 13.8 Å². The SMILES string of the molecule is Cc1cccc(C)c1N=C1NC(=O)/C(=C\c2cc3c(cc2Br)OCO3)S1. The first-order chi connectivity index (χ1) is 12.5. The highest BCUT2D eigenvalue weighted by Crippen LogP contribution is 2.39. The van der Waals surface area contributed by atoms with E-state index in [-0.39, 0.29) is 12.7 Å². The molecular weight excluding hydrogens is 416 g/mol. The first kappa shape index (κ1) is 17.2. The Hall–Kier alpha value is -2.25. The highest BCUT2D eigenvalue weighted by Gasteiger charge is 2.25. The van der Waals surface area contributed by atoms with Crippen LogP contribution in [0, 0.1) is 13.8 Å². The molecule has 4 rings (SSSR count). The average molecular weight is 431 g/mol. The molecule has 1 saturated heterocycles. The number of amidine groups is 1. The number of nitrogens with zero attached hydrogens (tertiary/aromatic N) is 1. The van der Waals surface area contributed by atoms with E-state index in [2.05, 4.69) is 26.2 Å². The predicted molar refractivity (Wildman–Crippen MR) is 107 cm³/mol. The molecule has 2 aromatic carbocycles. The molecule has 0 aliphatic carbocycles. The summed E-state index contributed by atoms with van der Waals surface area (Å²) in [5.41, 5.74) is 3.88. The Morgan fingerprint density at radius 2 is 1.88 bits per heavy atom. The highest BCUT2D eigenvalue weighted by molar-refractivity contribution is 9.10. The maximum absolute atomic E-state index is 12.3. The molecular formula is C19H15BrN2O3S. The Bertz CT molecular complexity index is 965. The number of hydrogen-bond acceptors (Lipinski definition) is 5. The third kappa shape index (κ3) is 3.24. The van der Waals surface area contributed by atoms with E-state index in [1.165, 1.54) is 11.8 Å². The number of benzene rings is 2. The molecule has 2 heterocycles. The number of amides is 1. The normalized spacial score (nSPS) is 18.7. The number of carbonyl (C=O) groups excluding carboxylic acids is 1. The summed E-state index contributed by atoms with van der Waals surface area (Å²) in [7, 11) is 0. The summed E-state index contributed by atoms with van der Waals surface area (Å²) in [6, 6.07) is 9.71. The number of thioether (sulfide) groups is 1. The van der Waals surface area contributed by atoms with Crippen LogP contribution in [0.1, 0.15) is 16.7 Å². The fourth-order valence-corrected chi connectivity index (χ4v) is 4.00. The van der Waals surface area contributed by atoms with E-state index >= 15 is 0 Å². The van der Waals surface area contributed by atoms with E-state index in [4.69, 9.17) is 9.47 Å². The van der Waals surface area contributed by atoms with Crippen molar-refractivity contribution in [1.82, 2.24) is 5.32 Å². The molecule has 5 nitrogen and oxygen atoms in total. The van der Waals surface area contributed by atoms with Crippen molar-refractivity contribution in [3.05, 3.63) is 56.4 Å². The number of carbonyl (C=O) groups is 1. The number of rotatable bonds is 2. The number of aryl methyl sites for hydroxylation is 2. The molecule has 0 atom stereocenters. The lowest BCUT2D eigenvalue weighted by atomic mass is 10.1. The van der Waals surface area contributed by atoms with Gasteiger partial charge in [-0.15, -0.1) is 0 Å². The number of nitrogens with one attached hydrogen (secondary N) is 1. The second-order valence-electron chi connectivity index (χ2n) is 5.95. The van der Waals surface area contributed by atoms with Crippen molar-refractivity contribution in [1.29, 1.82) is 0 Å². The van der Waals surface area contributed by atoms with Gasteiger partial charge in [0, 0.05) is 4.47 Å². The van der Waals surface area contributed by atoms with Crippen LogP contribution in [-0.2, 0) is 4.79 Å². The molecule has 0 radical (unpaired) electrons. The minimum absolute atomic E-state index is 0.162. The van der Waals surface area contributed by atoms with Gasteiger partial charge in [-0.2, -0.15) is 0 Å². The van der Waals surface area contributed by atoms with Crippen LogP contribution < -0.4 is 14.8 Å². The van der Waals surface area contributed by atoms with Gasteiger partial charge >= 0.3 is 0 Å². The van der Waals surface area contributed by atoms with Crippen LogP contribution in [0.5, 0.6) is 11.5 Å². The second-order valence-corrected chi connectivity index (χ2v) is 7.83. The van der Waals surface area contributed by atoms with Crippen LogP contribution in [0.3, 0.4) is 0 Å². The van der Waals surface area contributed by atoms with Gasteiger partial charge in [0.15, 0.2) is 16.7 Å². The summed E-state index contributed by atoms with van der Waals surface area (Å²) in [4.78, 5) is 17.6. The number of hydrogen-bond donors (Lipinski definition) is 1. The van der Waals surface area contributed by atoms with Crippen molar-refractivity contribution in [3.8, 4) is 11.5 Å². The van der Waals surface area contributed by atoms with E-state index < -0.39 is 0 Å². The zero-order valence-corrected chi connectivity index (χ0v) is 16.5. The number of para-hydroxylation sites is 1. The van der Waals surface area contributed by atoms with Gasteiger partial charge in [-0.05, 0) is 60.5 Å². The highest BCUT2D eigenvalue weighted by atomic mass is 79.9. The molecule has 0 saturated carbocycles. The molecule has 1 N–H and O–H groups in total. The van der Waals surface area contributed by atoms with Crippen molar-refractivity contribution in [3.63, 3.8) is 0 Å². The molecule has 0 aromatic heterocycles. The number of aliphatic imine (C=N–C) groups is 1. The lowest BCUT2D eigenvalue weighted by molar-refractivity contribution is -0.115. The van der Waals surface area contributed by atoms with Crippen molar-refractivity contribution < 1.29 is 14.3 Å². The minimum atomic E-state index is -0.162. The third-order valence-corrected chi connectivity index (χ3v) is 5.68. The quantitative estimate of drug-likeness (QED) is 0.702. The molecule has 0 unspecified atom stereocenters. The van der Waals surface area contributed by atoms with E-state index in [0.717, 1.165) is 26.9 Å². The number of ether oxygens (including phenoxy) is 2. The zero-order valence-electron chi connectivity index (χ0n) is 14.1. The van der Waals surface area contributed by atoms with E-state index in [1.807, 2.05) is 50.3 Å². The third-order valence-electron chi connectivity index (χ3n) is 4.08. The van der Waals surface area contributed by atoms with Crippen LogP contribution in [-0.4, -0.2) is 17.9 Å². The standard InChI is InChI=1S/C19H15BrN2O3S/c1-10-4-3-5-11(2)17(10)21-19-22-18(23)16(26-19)7-12-6-14-15(8-13(12)20)25-9-24-14/h3-8H,9H2,1-2H3,(H,21,22,23)/b16-7+. The largest absolute Gasteiger partial charge is 0.454 e. The van der Waals surface area contributed by atoms with Crippen molar-refractivity contribution in [2.24, 2.45) is 4.99 Å². The van der Waals surface area contributed by atoms with Gasteiger partial charge in [0.2, 0.25) is 6.79 Å². The Labute approximate surface area is 163 Å². The van der Waals surface area contributed by atoms with E-state index in [1.54, 1.807) is 0 Å². The van der Waals surface area contributed by atoms with Gasteiger partial charge in [0.05, 0.1) is 10.6 Å². The topological polar surface area (TPSA) is 59.9 Å². The molecule has 7 heteroatoms. The van der Waals surface area contributed by atoms with Gasteiger partial charge < -0.3 is 14.8 Å². The first-order valence-corrected chi connectivity index (χ1v) is 9.57. The summed E-state index contributed by atoms with van der Waals surface area (Å²) >= 11 is 4.84. The van der Waals surface area contributed by atoms with Crippen LogP contribution in [0.15, 0.2) is 44.7 Å². The van der Waals surface area contributed by atoms with Crippen LogP contribution in [0.4, 0.5) is 5.69 Å². The summed E-state index contributed by atoms with van der Waals surface area (Å²) in [5.74, 6) is 1.21. The van der Waals surface area contributed by atoms with Gasteiger partial charge in [-0.25, -0.2) is 4.99 Å². The summed E-state index contributed by atoms with van der Waals surface area (Å²) in [6.07, 6.45) is 1.82. The molecule has 0 bridgehead atoms. The van der Waals surface area contributed by atoms with E-state index in [9.17, 15) is 4.79 Å². The summed E-state index contributed by atoms with van der Waals surface area (Å²) in [5, 5.41) is 3.41. The second kappa shape index (κ2) is 6.81. The van der Waals surface area contributed by atoms with Gasteiger partial charge in [0.1, 0.15) is 0 Å². The Morgan fingerprint density at radius 1 is 1.19 bits per heavy atom. The molecule has 2 aliphatic rings. The van der Waals surface area contributed by atoms with Gasteiger partial charge in [-0.3, -0.25) is 4.79 Å². The molecule has 132 valence electrons. The number of fused-ring (bicyclic) bond motifs is 1. The lowest BCUT2D eigenvalue weighted by Crippen LogP contribution is -2.19. The van der Waals surface area contributed by atoms with Gasteiger partial charge in [-0.1, -0.05) is 34.1 Å².